The Balaban J connectivity index is 1.62. The van der Waals surface area contributed by atoms with Gasteiger partial charge < -0.3 is 4.90 Å². The molecule has 1 fully saturated rings. The quantitative estimate of drug-likeness (QED) is 0.844. The standard InChI is InChI=1S/C13H16N4OS/c1-10-15-12(9-19-10)13(18)16-7-3-11(4-8-16)17-6-2-5-14-17/h2,5-6,9,11H,3-4,7-8H2,1H3. The van der Waals surface area contributed by atoms with Crippen LogP contribution < -0.4 is 0 Å². The van der Waals surface area contributed by atoms with E-state index in [1.807, 2.05) is 34.1 Å². The molecular formula is C13H16N4OS. The molecule has 0 N–H and O–H groups in total. The lowest BCUT2D eigenvalue weighted by Crippen LogP contribution is -2.39. The van der Waals surface area contributed by atoms with Crippen LogP contribution in [-0.4, -0.2) is 38.7 Å². The van der Waals surface area contributed by atoms with Gasteiger partial charge in [-0.1, -0.05) is 0 Å². The maximum absolute atomic E-state index is 12.3. The Kier molecular flexibility index (Phi) is 3.33. The number of rotatable bonds is 2. The number of piperidine rings is 1. The summed E-state index contributed by atoms with van der Waals surface area (Å²) >= 11 is 1.52. The van der Waals surface area contributed by atoms with Crippen molar-refractivity contribution in [3.8, 4) is 0 Å². The number of carbonyl (C=O) groups is 1. The number of likely N-dealkylation sites (tertiary alicyclic amines) is 1. The molecule has 1 amide bonds. The molecule has 100 valence electrons. The van der Waals surface area contributed by atoms with Gasteiger partial charge in [0.15, 0.2) is 0 Å². The second kappa shape index (κ2) is 5.13. The summed E-state index contributed by atoms with van der Waals surface area (Å²) in [7, 11) is 0. The minimum absolute atomic E-state index is 0.0586. The van der Waals surface area contributed by atoms with Crippen LogP contribution in [0.1, 0.15) is 34.4 Å². The van der Waals surface area contributed by atoms with E-state index in [2.05, 4.69) is 10.1 Å². The first-order valence-corrected chi connectivity index (χ1v) is 7.32. The van der Waals surface area contributed by atoms with E-state index in [0.29, 0.717) is 11.7 Å². The number of aryl methyl sites for hydroxylation is 1. The molecule has 1 aliphatic heterocycles. The highest BCUT2D eigenvalue weighted by Crippen LogP contribution is 2.23. The van der Waals surface area contributed by atoms with E-state index in [4.69, 9.17) is 0 Å². The maximum atomic E-state index is 12.3. The summed E-state index contributed by atoms with van der Waals surface area (Å²) in [4.78, 5) is 18.4. The largest absolute Gasteiger partial charge is 0.337 e. The lowest BCUT2D eigenvalue weighted by Gasteiger charge is -2.31. The Morgan fingerprint density at radius 1 is 1.42 bits per heavy atom. The van der Waals surface area contributed by atoms with Crippen molar-refractivity contribution in [1.82, 2.24) is 19.7 Å². The summed E-state index contributed by atoms with van der Waals surface area (Å²) < 4.78 is 1.99. The zero-order valence-electron chi connectivity index (χ0n) is 10.8. The first-order chi connectivity index (χ1) is 9.24. The predicted octanol–water partition coefficient (Wildman–Crippen LogP) is 2.13. The van der Waals surface area contributed by atoms with Crippen LogP contribution in [0.4, 0.5) is 0 Å². The van der Waals surface area contributed by atoms with Crippen LogP contribution in [0.15, 0.2) is 23.8 Å². The number of nitrogens with zero attached hydrogens (tertiary/aromatic N) is 4. The highest BCUT2D eigenvalue weighted by Gasteiger charge is 2.25. The van der Waals surface area contributed by atoms with Crippen molar-refractivity contribution < 1.29 is 4.79 Å². The smallest absolute Gasteiger partial charge is 0.273 e. The summed E-state index contributed by atoms with van der Waals surface area (Å²) in [6, 6.07) is 2.35. The normalized spacial score (nSPS) is 16.8. The van der Waals surface area contributed by atoms with Crippen molar-refractivity contribution in [1.29, 1.82) is 0 Å². The van der Waals surface area contributed by atoms with Crippen LogP contribution in [0.5, 0.6) is 0 Å². The van der Waals surface area contributed by atoms with Crippen molar-refractivity contribution in [2.24, 2.45) is 0 Å². The number of carbonyl (C=O) groups excluding carboxylic acids is 1. The Bertz CT molecular complexity index is 555. The maximum Gasteiger partial charge on any atom is 0.273 e. The predicted molar refractivity (Wildman–Crippen MR) is 73.3 cm³/mol. The van der Waals surface area contributed by atoms with Gasteiger partial charge in [-0.2, -0.15) is 5.10 Å². The van der Waals surface area contributed by atoms with Crippen LogP contribution >= 0.6 is 11.3 Å². The van der Waals surface area contributed by atoms with Gasteiger partial charge in [0.2, 0.25) is 0 Å². The second-order valence-corrected chi connectivity index (χ2v) is 5.82. The molecule has 19 heavy (non-hydrogen) atoms. The van der Waals surface area contributed by atoms with Crippen molar-refractivity contribution >= 4 is 17.2 Å². The molecule has 0 spiro atoms. The molecule has 3 rings (SSSR count). The molecule has 1 saturated heterocycles. The molecule has 3 heterocycles. The Morgan fingerprint density at radius 3 is 2.79 bits per heavy atom. The van der Waals surface area contributed by atoms with E-state index in [0.717, 1.165) is 30.9 Å². The summed E-state index contributed by atoms with van der Waals surface area (Å²) in [5, 5.41) is 7.06. The SMILES string of the molecule is Cc1nc(C(=O)N2CCC(n3cccn3)CC2)cs1. The van der Waals surface area contributed by atoms with E-state index in [9.17, 15) is 4.79 Å². The molecule has 0 saturated carbocycles. The summed E-state index contributed by atoms with van der Waals surface area (Å²) in [5.74, 6) is 0.0586. The van der Waals surface area contributed by atoms with Gasteiger partial charge in [-0.3, -0.25) is 9.48 Å². The van der Waals surface area contributed by atoms with Gasteiger partial charge in [0.1, 0.15) is 5.69 Å². The van der Waals surface area contributed by atoms with Crippen LogP contribution in [0.25, 0.3) is 0 Å². The molecule has 2 aromatic rings. The molecule has 6 heteroatoms. The first kappa shape index (κ1) is 12.3. The minimum atomic E-state index is 0.0586. The van der Waals surface area contributed by atoms with Crippen LogP contribution in [0.3, 0.4) is 0 Å². The van der Waals surface area contributed by atoms with Gasteiger partial charge in [-0.15, -0.1) is 11.3 Å². The monoisotopic (exact) mass is 276 g/mol. The molecule has 0 radical (unpaired) electrons. The van der Waals surface area contributed by atoms with Gasteiger partial charge in [0, 0.05) is 30.9 Å². The fourth-order valence-electron chi connectivity index (χ4n) is 2.45. The molecule has 2 aromatic heterocycles. The molecule has 5 nitrogen and oxygen atoms in total. The van der Waals surface area contributed by atoms with E-state index in [1.165, 1.54) is 11.3 Å². The van der Waals surface area contributed by atoms with E-state index >= 15 is 0 Å². The number of amides is 1. The molecule has 0 bridgehead atoms. The molecule has 1 aliphatic rings. The zero-order valence-corrected chi connectivity index (χ0v) is 11.6. The van der Waals surface area contributed by atoms with E-state index < -0.39 is 0 Å². The van der Waals surface area contributed by atoms with Gasteiger partial charge in [0.05, 0.1) is 11.0 Å². The number of aromatic nitrogens is 3. The Labute approximate surface area is 115 Å². The van der Waals surface area contributed by atoms with Crippen LogP contribution in [-0.2, 0) is 0 Å². The third kappa shape index (κ3) is 2.53. The topological polar surface area (TPSA) is 51.0 Å². The summed E-state index contributed by atoms with van der Waals surface area (Å²) in [5.41, 5.74) is 0.583. The van der Waals surface area contributed by atoms with Gasteiger partial charge >= 0.3 is 0 Å². The van der Waals surface area contributed by atoms with Gasteiger partial charge in [0.25, 0.3) is 5.91 Å². The molecule has 0 aromatic carbocycles. The number of thiazole rings is 1. The third-order valence-electron chi connectivity index (χ3n) is 3.49. The van der Waals surface area contributed by atoms with Crippen molar-refractivity contribution in [3.05, 3.63) is 34.5 Å². The van der Waals surface area contributed by atoms with E-state index in [-0.39, 0.29) is 5.91 Å². The van der Waals surface area contributed by atoms with Crippen molar-refractivity contribution in [2.45, 2.75) is 25.8 Å². The first-order valence-electron chi connectivity index (χ1n) is 6.44. The Morgan fingerprint density at radius 2 is 2.21 bits per heavy atom. The molecule has 0 atom stereocenters. The fraction of sp³-hybridized carbons (Fsp3) is 0.462. The average Bonchev–Trinajstić information content (AvgIpc) is 3.09. The van der Waals surface area contributed by atoms with Crippen molar-refractivity contribution in [3.63, 3.8) is 0 Å². The van der Waals surface area contributed by atoms with E-state index in [1.54, 1.807) is 6.20 Å². The molecule has 0 unspecified atom stereocenters. The van der Waals surface area contributed by atoms with Crippen LogP contribution in [0, 0.1) is 6.92 Å². The Hall–Kier alpha value is -1.69. The minimum Gasteiger partial charge on any atom is -0.337 e. The highest BCUT2D eigenvalue weighted by atomic mass is 32.1. The fourth-order valence-corrected chi connectivity index (χ4v) is 3.04. The molecule has 0 aliphatic carbocycles. The highest BCUT2D eigenvalue weighted by molar-refractivity contribution is 7.09. The summed E-state index contributed by atoms with van der Waals surface area (Å²) in [6.07, 6.45) is 5.70. The van der Waals surface area contributed by atoms with Gasteiger partial charge in [-0.25, -0.2) is 4.98 Å². The zero-order chi connectivity index (χ0) is 13.2. The van der Waals surface area contributed by atoms with Crippen LogP contribution in [0.2, 0.25) is 0 Å². The average molecular weight is 276 g/mol. The number of hydrogen-bond donors (Lipinski definition) is 0. The lowest BCUT2D eigenvalue weighted by molar-refractivity contribution is 0.0684. The van der Waals surface area contributed by atoms with Crippen molar-refractivity contribution in [2.75, 3.05) is 13.1 Å². The van der Waals surface area contributed by atoms with Gasteiger partial charge in [-0.05, 0) is 25.8 Å². The molecular weight excluding hydrogens is 260 g/mol. The third-order valence-corrected chi connectivity index (χ3v) is 4.26. The second-order valence-electron chi connectivity index (χ2n) is 4.76. The number of hydrogen-bond acceptors (Lipinski definition) is 4. The summed E-state index contributed by atoms with van der Waals surface area (Å²) in [6.45, 7) is 3.48. The lowest BCUT2D eigenvalue weighted by atomic mass is 10.1.